The van der Waals surface area contributed by atoms with Crippen molar-refractivity contribution in [3.05, 3.63) is 27.9 Å². The zero-order valence-corrected chi connectivity index (χ0v) is 13.0. The van der Waals surface area contributed by atoms with Crippen molar-refractivity contribution in [2.75, 3.05) is 13.1 Å². The standard InChI is InChI=1S/C15H23N3O4/c1-3-4-15(14(21)22)5-6-18(9-12(15)19)8-11-7-13(20)17-10(2)16-11/h7,12,19H,3-6,8-9H2,1-2H3,(H,21,22)(H,16,17,20)/t12-,15-/m0/s1. The van der Waals surface area contributed by atoms with Crippen LogP contribution in [0.3, 0.4) is 0 Å². The molecule has 22 heavy (non-hydrogen) atoms. The van der Waals surface area contributed by atoms with Crippen LogP contribution in [0.4, 0.5) is 0 Å². The lowest BCUT2D eigenvalue weighted by molar-refractivity contribution is -0.164. The summed E-state index contributed by atoms with van der Waals surface area (Å²) in [4.78, 5) is 31.9. The van der Waals surface area contributed by atoms with Crippen LogP contribution in [-0.4, -0.2) is 50.2 Å². The number of nitrogens with one attached hydrogen (secondary N) is 1. The number of aromatic nitrogens is 2. The number of H-pyrrole nitrogens is 1. The summed E-state index contributed by atoms with van der Waals surface area (Å²) < 4.78 is 0. The van der Waals surface area contributed by atoms with E-state index in [2.05, 4.69) is 9.97 Å². The third-order valence-electron chi connectivity index (χ3n) is 4.36. The molecule has 1 aromatic heterocycles. The number of aliphatic carboxylic acids is 1. The summed E-state index contributed by atoms with van der Waals surface area (Å²) in [5.41, 5.74) is -0.624. The van der Waals surface area contributed by atoms with E-state index in [1.54, 1.807) is 6.92 Å². The first-order valence-electron chi connectivity index (χ1n) is 7.58. The van der Waals surface area contributed by atoms with E-state index in [-0.39, 0.29) is 12.1 Å². The van der Waals surface area contributed by atoms with E-state index in [1.807, 2.05) is 11.8 Å². The molecule has 1 fully saturated rings. The van der Waals surface area contributed by atoms with Crippen LogP contribution in [0.2, 0.25) is 0 Å². The molecular formula is C15H23N3O4. The minimum atomic E-state index is -1.05. The van der Waals surface area contributed by atoms with Gasteiger partial charge in [-0.2, -0.15) is 0 Å². The van der Waals surface area contributed by atoms with Crippen molar-refractivity contribution < 1.29 is 15.0 Å². The molecule has 0 radical (unpaired) electrons. The molecule has 0 amide bonds. The number of β-amino-alcohol motifs (C(OH)–C–C–N with tert-alkyl or cyclic N) is 1. The van der Waals surface area contributed by atoms with Crippen molar-refractivity contribution in [3.63, 3.8) is 0 Å². The fraction of sp³-hybridized carbons (Fsp3) is 0.667. The van der Waals surface area contributed by atoms with Crippen LogP contribution in [0.5, 0.6) is 0 Å². The minimum Gasteiger partial charge on any atom is -0.481 e. The maximum absolute atomic E-state index is 11.6. The summed E-state index contributed by atoms with van der Waals surface area (Å²) in [6.07, 6.45) is 0.680. The number of piperidine rings is 1. The molecule has 0 bridgehead atoms. The van der Waals surface area contributed by atoms with Gasteiger partial charge < -0.3 is 15.2 Å². The lowest BCUT2D eigenvalue weighted by Gasteiger charge is -2.42. The van der Waals surface area contributed by atoms with Crippen molar-refractivity contribution >= 4 is 5.97 Å². The largest absolute Gasteiger partial charge is 0.481 e. The Morgan fingerprint density at radius 1 is 1.59 bits per heavy atom. The molecule has 1 aromatic rings. The normalized spacial score (nSPS) is 26.0. The van der Waals surface area contributed by atoms with E-state index in [1.165, 1.54) is 6.07 Å². The number of aryl methyl sites for hydroxylation is 1. The van der Waals surface area contributed by atoms with Crippen LogP contribution < -0.4 is 5.56 Å². The van der Waals surface area contributed by atoms with E-state index < -0.39 is 17.5 Å². The molecule has 3 N–H and O–H groups in total. The summed E-state index contributed by atoms with van der Waals surface area (Å²) in [6, 6.07) is 1.43. The topological polar surface area (TPSA) is 107 Å². The summed E-state index contributed by atoms with van der Waals surface area (Å²) >= 11 is 0. The van der Waals surface area contributed by atoms with Gasteiger partial charge >= 0.3 is 5.97 Å². The molecule has 0 unspecified atom stereocenters. The first-order chi connectivity index (χ1) is 10.4. The van der Waals surface area contributed by atoms with Gasteiger partial charge in [0.25, 0.3) is 5.56 Å². The van der Waals surface area contributed by atoms with E-state index in [9.17, 15) is 19.8 Å². The predicted molar refractivity (Wildman–Crippen MR) is 80.5 cm³/mol. The number of aromatic amines is 1. The quantitative estimate of drug-likeness (QED) is 0.732. The van der Waals surface area contributed by atoms with Crippen molar-refractivity contribution in [2.45, 2.75) is 45.8 Å². The number of hydrogen-bond donors (Lipinski definition) is 3. The second kappa shape index (κ2) is 6.58. The summed E-state index contributed by atoms with van der Waals surface area (Å²) in [7, 11) is 0. The Balaban J connectivity index is 2.09. The molecule has 0 aromatic carbocycles. The van der Waals surface area contributed by atoms with Gasteiger partial charge in [0.15, 0.2) is 0 Å². The van der Waals surface area contributed by atoms with Gasteiger partial charge in [0.2, 0.25) is 0 Å². The van der Waals surface area contributed by atoms with Crippen LogP contribution in [0, 0.1) is 12.3 Å². The van der Waals surface area contributed by atoms with Crippen molar-refractivity contribution in [3.8, 4) is 0 Å². The van der Waals surface area contributed by atoms with E-state index in [0.717, 1.165) is 6.42 Å². The molecule has 1 aliphatic heterocycles. The SMILES string of the molecule is CCC[C@]1(C(=O)O)CCN(Cc2cc(=O)[nH]c(C)n2)C[C@@H]1O. The molecule has 1 saturated heterocycles. The molecule has 1 aliphatic rings. The lowest BCUT2D eigenvalue weighted by Crippen LogP contribution is -2.54. The summed E-state index contributed by atoms with van der Waals surface area (Å²) in [6.45, 7) is 4.92. The number of nitrogens with zero attached hydrogens (tertiary/aromatic N) is 2. The van der Waals surface area contributed by atoms with Gasteiger partial charge in [-0.15, -0.1) is 0 Å². The first-order valence-corrected chi connectivity index (χ1v) is 7.58. The molecular weight excluding hydrogens is 286 g/mol. The maximum atomic E-state index is 11.6. The second-order valence-corrected chi connectivity index (χ2v) is 6.03. The molecule has 2 rings (SSSR count). The number of aliphatic hydroxyl groups is 1. The van der Waals surface area contributed by atoms with Gasteiger partial charge in [0, 0.05) is 19.2 Å². The fourth-order valence-electron chi connectivity index (χ4n) is 3.22. The average molecular weight is 309 g/mol. The third kappa shape index (κ3) is 3.36. The molecule has 2 atom stereocenters. The zero-order valence-electron chi connectivity index (χ0n) is 13.0. The minimum absolute atomic E-state index is 0.203. The Morgan fingerprint density at radius 3 is 2.86 bits per heavy atom. The Labute approximate surface area is 129 Å². The van der Waals surface area contributed by atoms with Crippen LogP contribution in [-0.2, 0) is 11.3 Å². The first kappa shape index (κ1) is 16.6. The van der Waals surface area contributed by atoms with Gasteiger partial charge in [-0.1, -0.05) is 13.3 Å². The van der Waals surface area contributed by atoms with Crippen molar-refractivity contribution in [2.24, 2.45) is 5.41 Å². The summed E-state index contributed by atoms with van der Waals surface area (Å²) in [5, 5.41) is 19.9. The van der Waals surface area contributed by atoms with Crippen LogP contribution in [0.25, 0.3) is 0 Å². The highest BCUT2D eigenvalue weighted by Crippen LogP contribution is 2.37. The molecule has 0 aliphatic carbocycles. The zero-order chi connectivity index (χ0) is 16.3. The lowest BCUT2D eigenvalue weighted by atomic mass is 9.73. The number of hydrogen-bond acceptors (Lipinski definition) is 5. The molecule has 7 nitrogen and oxygen atoms in total. The Kier molecular flexibility index (Phi) is 4.97. The average Bonchev–Trinajstić information content (AvgIpc) is 2.40. The molecule has 0 saturated carbocycles. The number of aliphatic hydroxyl groups excluding tert-OH is 1. The monoisotopic (exact) mass is 309 g/mol. The number of carboxylic acid groups (broad SMARTS) is 1. The van der Waals surface area contributed by atoms with E-state index in [4.69, 9.17) is 0 Å². The number of likely N-dealkylation sites (tertiary alicyclic amines) is 1. The van der Waals surface area contributed by atoms with Gasteiger partial charge in [0.1, 0.15) is 5.82 Å². The smallest absolute Gasteiger partial charge is 0.312 e. The highest BCUT2D eigenvalue weighted by atomic mass is 16.4. The third-order valence-corrected chi connectivity index (χ3v) is 4.36. The number of rotatable bonds is 5. The molecule has 0 spiro atoms. The van der Waals surface area contributed by atoms with Crippen molar-refractivity contribution in [1.82, 2.24) is 14.9 Å². The number of carboxylic acids is 1. The Bertz CT molecular complexity index is 601. The highest BCUT2D eigenvalue weighted by molar-refractivity contribution is 5.75. The predicted octanol–water partition coefficient (Wildman–Crippen LogP) is 0.516. The fourth-order valence-corrected chi connectivity index (χ4v) is 3.22. The van der Waals surface area contributed by atoms with Crippen LogP contribution >= 0.6 is 0 Å². The van der Waals surface area contributed by atoms with Gasteiger partial charge in [0.05, 0.1) is 17.2 Å². The second-order valence-electron chi connectivity index (χ2n) is 6.03. The summed E-state index contributed by atoms with van der Waals surface area (Å²) in [5.74, 6) is -0.377. The number of carbonyl (C=O) groups is 1. The molecule has 2 heterocycles. The Hall–Kier alpha value is -1.73. The highest BCUT2D eigenvalue weighted by Gasteiger charge is 2.47. The van der Waals surface area contributed by atoms with Crippen molar-refractivity contribution in [1.29, 1.82) is 0 Å². The van der Waals surface area contributed by atoms with Crippen LogP contribution in [0.15, 0.2) is 10.9 Å². The van der Waals surface area contributed by atoms with Crippen LogP contribution in [0.1, 0.15) is 37.7 Å². The van der Waals surface area contributed by atoms with Gasteiger partial charge in [-0.3, -0.25) is 14.5 Å². The van der Waals surface area contributed by atoms with E-state index >= 15 is 0 Å². The van der Waals surface area contributed by atoms with E-state index in [0.29, 0.717) is 37.4 Å². The van der Waals surface area contributed by atoms with Gasteiger partial charge in [-0.25, -0.2) is 4.98 Å². The Morgan fingerprint density at radius 2 is 2.32 bits per heavy atom. The molecule has 122 valence electrons. The van der Waals surface area contributed by atoms with Gasteiger partial charge in [-0.05, 0) is 26.3 Å². The molecule has 7 heteroatoms. The maximum Gasteiger partial charge on any atom is 0.312 e.